The minimum absolute atomic E-state index is 0.304. The lowest BCUT2D eigenvalue weighted by molar-refractivity contribution is 0.0701. The first-order valence-corrected chi connectivity index (χ1v) is 6.23. The number of carboxylic acid groups (broad SMARTS) is 1. The molecule has 18 heavy (non-hydrogen) atoms. The van der Waals surface area contributed by atoms with Gasteiger partial charge in [-0.1, -0.05) is 12.1 Å². The Bertz CT molecular complexity index is 568. The smallest absolute Gasteiger partial charge is 0.346 e. The second-order valence-corrected chi connectivity index (χ2v) is 4.80. The van der Waals surface area contributed by atoms with E-state index in [1.165, 1.54) is 17.4 Å². The van der Waals surface area contributed by atoms with E-state index in [1.807, 2.05) is 0 Å². The molecule has 5 heteroatoms. The van der Waals surface area contributed by atoms with Crippen molar-refractivity contribution in [2.75, 3.05) is 11.9 Å². The van der Waals surface area contributed by atoms with Crippen molar-refractivity contribution in [3.05, 3.63) is 52.0 Å². The van der Waals surface area contributed by atoms with Gasteiger partial charge in [-0.3, -0.25) is 0 Å². The van der Waals surface area contributed by atoms with Gasteiger partial charge in [0.05, 0.1) is 5.69 Å². The maximum atomic E-state index is 13.6. The average molecular weight is 265 g/mol. The molecule has 0 bridgehead atoms. The van der Waals surface area contributed by atoms with E-state index in [0.717, 1.165) is 0 Å². The number of aromatic carboxylic acids is 1. The molecule has 0 spiro atoms. The van der Waals surface area contributed by atoms with Gasteiger partial charge in [0.1, 0.15) is 10.7 Å². The van der Waals surface area contributed by atoms with E-state index >= 15 is 0 Å². The van der Waals surface area contributed by atoms with Gasteiger partial charge in [0.2, 0.25) is 0 Å². The molecule has 0 fully saturated rings. The molecule has 0 aliphatic rings. The second kappa shape index (κ2) is 5.18. The van der Waals surface area contributed by atoms with Crippen LogP contribution in [0.3, 0.4) is 0 Å². The highest BCUT2D eigenvalue weighted by Gasteiger charge is 2.14. The van der Waals surface area contributed by atoms with Gasteiger partial charge in [-0.2, -0.15) is 0 Å². The van der Waals surface area contributed by atoms with Crippen LogP contribution in [0.2, 0.25) is 0 Å². The zero-order chi connectivity index (χ0) is 13.1. The van der Waals surface area contributed by atoms with Gasteiger partial charge in [0, 0.05) is 13.6 Å². The fraction of sp³-hybridized carbons (Fsp3) is 0.154. The van der Waals surface area contributed by atoms with Crippen LogP contribution in [0.5, 0.6) is 0 Å². The molecule has 1 heterocycles. The maximum absolute atomic E-state index is 13.6. The molecule has 0 aliphatic heterocycles. The molecular weight excluding hydrogens is 253 g/mol. The monoisotopic (exact) mass is 265 g/mol. The summed E-state index contributed by atoms with van der Waals surface area (Å²) in [5.41, 5.74) is 1.15. The molecule has 2 rings (SSSR count). The van der Waals surface area contributed by atoms with E-state index in [0.29, 0.717) is 22.7 Å². The van der Waals surface area contributed by atoms with Crippen LogP contribution in [-0.2, 0) is 6.54 Å². The number of carboxylic acids is 1. The van der Waals surface area contributed by atoms with Gasteiger partial charge in [0.15, 0.2) is 0 Å². The number of nitrogens with zero attached hydrogens (tertiary/aromatic N) is 1. The number of anilines is 1. The summed E-state index contributed by atoms with van der Waals surface area (Å²) >= 11 is 1.18. The molecule has 1 N–H and O–H groups in total. The Kier molecular flexibility index (Phi) is 3.62. The third kappa shape index (κ3) is 2.51. The Morgan fingerprint density at radius 1 is 1.39 bits per heavy atom. The lowest BCUT2D eigenvalue weighted by Gasteiger charge is -2.19. The highest BCUT2D eigenvalue weighted by molar-refractivity contribution is 7.12. The Balaban J connectivity index is 2.22. The summed E-state index contributed by atoms with van der Waals surface area (Å²) in [6.45, 7) is 0.367. The number of benzene rings is 1. The summed E-state index contributed by atoms with van der Waals surface area (Å²) in [5.74, 6) is -1.26. The number of rotatable bonds is 4. The quantitative estimate of drug-likeness (QED) is 0.922. The summed E-state index contributed by atoms with van der Waals surface area (Å²) < 4.78 is 13.6. The van der Waals surface area contributed by atoms with Gasteiger partial charge >= 0.3 is 5.97 Å². The lowest BCUT2D eigenvalue weighted by atomic mass is 10.2. The predicted octanol–water partition coefficient (Wildman–Crippen LogP) is 3.22. The fourth-order valence-electron chi connectivity index (χ4n) is 1.75. The summed E-state index contributed by atoms with van der Waals surface area (Å²) in [7, 11) is 1.74. The lowest BCUT2D eigenvalue weighted by Crippen LogP contribution is -2.18. The topological polar surface area (TPSA) is 40.5 Å². The van der Waals surface area contributed by atoms with Crippen molar-refractivity contribution in [1.82, 2.24) is 0 Å². The standard InChI is InChI=1S/C13H12FNO2S/c1-15(11-5-3-2-4-10(11)14)8-9-6-7-18-12(9)13(16)17/h2-7H,8H2,1H3,(H,16,17). The molecule has 0 saturated heterocycles. The van der Waals surface area contributed by atoms with Gasteiger partial charge in [-0.15, -0.1) is 11.3 Å². The number of carbonyl (C=O) groups is 1. The molecule has 0 amide bonds. The number of thiophene rings is 1. The van der Waals surface area contributed by atoms with E-state index in [9.17, 15) is 9.18 Å². The Labute approximate surface area is 108 Å². The summed E-state index contributed by atoms with van der Waals surface area (Å²) in [5, 5.41) is 10.7. The number of hydrogen-bond donors (Lipinski definition) is 1. The molecule has 3 nitrogen and oxygen atoms in total. The van der Waals surface area contributed by atoms with Crippen molar-refractivity contribution in [2.24, 2.45) is 0 Å². The van der Waals surface area contributed by atoms with Crippen molar-refractivity contribution >= 4 is 23.0 Å². The van der Waals surface area contributed by atoms with Crippen molar-refractivity contribution in [3.63, 3.8) is 0 Å². The highest BCUT2D eigenvalue weighted by Crippen LogP contribution is 2.23. The summed E-state index contributed by atoms with van der Waals surface area (Å²) in [6, 6.07) is 8.19. The van der Waals surface area contributed by atoms with E-state index in [1.54, 1.807) is 41.6 Å². The molecule has 0 atom stereocenters. The van der Waals surface area contributed by atoms with Crippen LogP contribution in [-0.4, -0.2) is 18.1 Å². The highest BCUT2D eigenvalue weighted by atomic mass is 32.1. The summed E-state index contributed by atoms with van der Waals surface area (Å²) in [6.07, 6.45) is 0. The van der Waals surface area contributed by atoms with Crippen LogP contribution in [0.4, 0.5) is 10.1 Å². The molecule has 1 aromatic carbocycles. The average Bonchev–Trinajstić information content (AvgIpc) is 2.77. The van der Waals surface area contributed by atoms with Crippen LogP contribution < -0.4 is 4.90 Å². The molecule has 1 aromatic heterocycles. The Hall–Kier alpha value is -1.88. The number of hydrogen-bond acceptors (Lipinski definition) is 3. The number of halogens is 1. The van der Waals surface area contributed by atoms with Gasteiger partial charge < -0.3 is 10.0 Å². The molecule has 0 saturated carbocycles. The van der Waals surface area contributed by atoms with Crippen LogP contribution in [0.15, 0.2) is 35.7 Å². The Morgan fingerprint density at radius 3 is 2.78 bits per heavy atom. The van der Waals surface area contributed by atoms with Gasteiger partial charge in [-0.05, 0) is 29.1 Å². The van der Waals surface area contributed by atoms with Crippen molar-refractivity contribution < 1.29 is 14.3 Å². The second-order valence-electron chi connectivity index (χ2n) is 3.89. The zero-order valence-corrected chi connectivity index (χ0v) is 10.6. The van der Waals surface area contributed by atoms with E-state index < -0.39 is 5.97 Å². The Morgan fingerprint density at radius 2 is 2.11 bits per heavy atom. The maximum Gasteiger partial charge on any atom is 0.346 e. The van der Waals surface area contributed by atoms with Crippen molar-refractivity contribution in [2.45, 2.75) is 6.54 Å². The van der Waals surface area contributed by atoms with Crippen LogP contribution in [0, 0.1) is 5.82 Å². The molecule has 0 radical (unpaired) electrons. The van der Waals surface area contributed by atoms with Crippen LogP contribution in [0.1, 0.15) is 15.2 Å². The third-order valence-corrected chi connectivity index (χ3v) is 3.56. The SMILES string of the molecule is CN(Cc1ccsc1C(=O)O)c1ccccc1F. The molecule has 2 aromatic rings. The number of para-hydroxylation sites is 1. The van der Waals surface area contributed by atoms with Crippen molar-refractivity contribution in [3.8, 4) is 0 Å². The molecule has 0 aliphatic carbocycles. The summed E-state index contributed by atoms with van der Waals surface area (Å²) in [4.78, 5) is 13.0. The zero-order valence-electron chi connectivity index (χ0n) is 9.76. The first-order valence-electron chi connectivity index (χ1n) is 5.35. The minimum atomic E-state index is -0.943. The fourth-order valence-corrected chi connectivity index (χ4v) is 2.50. The first kappa shape index (κ1) is 12.6. The third-order valence-electron chi connectivity index (χ3n) is 2.61. The van der Waals surface area contributed by atoms with E-state index in [2.05, 4.69) is 0 Å². The predicted molar refractivity (Wildman–Crippen MR) is 69.8 cm³/mol. The van der Waals surface area contributed by atoms with Crippen molar-refractivity contribution in [1.29, 1.82) is 0 Å². The van der Waals surface area contributed by atoms with Gasteiger partial charge in [0.25, 0.3) is 0 Å². The van der Waals surface area contributed by atoms with E-state index in [-0.39, 0.29) is 5.82 Å². The molecule has 94 valence electrons. The normalized spacial score (nSPS) is 10.3. The van der Waals surface area contributed by atoms with Crippen LogP contribution >= 0.6 is 11.3 Å². The van der Waals surface area contributed by atoms with Crippen LogP contribution in [0.25, 0.3) is 0 Å². The van der Waals surface area contributed by atoms with Gasteiger partial charge in [-0.25, -0.2) is 9.18 Å². The largest absolute Gasteiger partial charge is 0.477 e. The van der Waals surface area contributed by atoms with E-state index in [4.69, 9.17) is 5.11 Å². The minimum Gasteiger partial charge on any atom is -0.477 e. The first-order chi connectivity index (χ1) is 8.59. The molecule has 0 unspecified atom stereocenters. The molecular formula is C13H12FNO2S.